The zero-order valence-corrected chi connectivity index (χ0v) is 12.5. The van der Waals surface area contributed by atoms with Gasteiger partial charge in [0, 0.05) is 17.8 Å². The van der Waals surface area contributed by atoms with Crippen molar-refractivity contribution >= 4 is 11.6 Å². The molecule has 0 aromatic heterocycles. The van der Waals surface area contributed by atoms with Crippen LogP contribution in [0.2, 0.25) is 0 Å². The Morgan fingerprint density at radius 1 is 1.30 bits per heavy atom. The van der Waals surface area contributed by atoms with Gasteiger partial charge in [-0.15, -0.1) is 0 Å². The molecule has 1 amide bonds. The number of methoxy groups -OCH3 is 1. The highest BCUT2D eigenvalue weighted by atomic mass is 16.5. The van der Waals surface area contributed by atoms with E-state index in [1.54, 1.807) is 25.3 Å². The number of hydrogen-bond donors (Lipinski definition) is 2. The summed E-state index contributed by atoms with van der Waals surface area (Å²) in [6.07, 6.45) is 3.26. The summed E-state index contributed by atoms with van der Waals surface area (Å²) in [4.78, 5) is 12.3. The Morgan fingerprint density at radius 2 is 2.05 bits per heavy atom. The van der Waals surface area contributed by atoms with E-state index in [9.17, 15) is 4.79 Å². The van der Waals surface area contributed by atoms with Crippen molar-refractivity contribution < 1.29 is 9.53 Å². The Bertz CT molecular complexity index is 487. The summed E-state index contributed by atoms with van der Waals surface area (Å²) < 4.78 is 5.09. The van der Waals surface area contributed by atoms with E-state index in [2.05, 4.69) is 19.2 Å². The van der Waals surface area contributed by atoms with Crippen molar-refractivity contribution in [2.24, 2.45) is 11.8 Å². The molecule has 0 heterocycles. The lowest BCUT2D eigenvalue weighted by Crippen LogP contribution is -2.40. The fourth-order valence-electron chi connectivity index (χ4n) is 2.82. The molecule has 2 rings (SSSR count). The van der Waals surface area contributed by atoms with Gasteiger partial charge in [0.1, 0.15) is 5.75 Å². The first-order valence-electron chi connectivity index (χ1n) is 7.25. The number of carbonyl (C=O) groups excluding carboxylic acids is 1. The van der Waals surface area contributed by atoms with E-state index >= 15 is 0 Å². The third kappa shape index (κ3) is 3.24. The van der Waals surface area contributed by atoms with E-state index in [4.69, 9.17) is 10.5 Å². The van der Waals surface area contributed by atoms with Crippen LogP contribution in [0.3, 0.4) is 0 Å². The molecule has 20 heavy (non-hydrogen) atoms. The molecule has 0 aliphatic heterocycles. The van der Waals surface area contributed by atoms with Gasteiger partial charge in [0.25, 0.3) is 5.91 Å². The summed E-state index contributed by atoms with van der Waals surface area (Å²) in [5.41, 5.74) is 6.89. The van der Waals surface area contributed by atoms with Crippen molar-refractivity contribution in [2.75, 3.05) is 12.8 Å². The van der Waals surface area contributed by atoms with E-state index in [0.29, 0.717) is 22.9 Å². The number of hydrogen-bond acceptors (Lipinski definition) is 3. The van der Waals surface area contributed by atoms with Gasteiger partial charge in [-0.1, -0.05) is 13.8 Å². The van der Waals surface area contributed by atoms with E-state index in [0.717, 1.165) is 18.8 Å². The summed E-state index contributed by atoms with van der Waals surface area (Å²) in [6, 6.07) is 5.42. The molecule has 3 N–H and O–H groups in total. The van der Waals surface area contributed by atoms with Crippen molar-refractivity contribution in [1.29, 1.82) is 0 Å². The summed E-state index contributed by atoms with van der Waals surface area (Å²) in [6.45, 7) is 4.54. The first-order chi connectivity index (χ1) is 9.51. The van der Waals surface area contributed by atoms with Crippen molar-refractivity contribution in [3.8, 4) is 5.75 Å². The molecule has 1 saturated carbocycles. The quantitative estimate of drug-likeness (QED) is 0.834. The van der Waals surface area contributed by atoms with Crippen LogP contribution >= 0.6 is 0 Å². The van der Waals surface area contributed by atoms with Crippen LogP contribution in [0.1, 0.15) is 43.5 Å². The number of amides is 1. The molecule has 1 aliphatic carbocycles. The highest BCUT2D eigenvalue weighted by Gasteiger charge is 2.26. The van der Waals surface area contributed by atoms with Crippen LogP contribution in [-0.4, -0.2) is 19.1 Å². The maximum Gasteiger partial charge on any atom is 0.253 e. The van der Waals surface area contributed by atoms with Gasteiger partial charge in [0.05, 0.1) is 12.7 Å². The van der Waals surface area contributed by atoms with E-state index in [-0.39, 0.29) is 11.9 Å². The van der Waals surface area contributed by atoms with Gasteiger partial charge in [-0.05, 0) is 43.2 Å². The first-order valence-corrected chi connectivity index (χ1v) is 7.25. The second kappa shape index (κ2) is 6.16. The predicted molar refractivity (Wildman–Crippen MR) is 80.8 cm³/mol. The summed E-state index contributed by atoms with van der Waals surface area (Å²) >= 11 is 0. The van der Waals surface area contributed by atoms with Crippen molar-refractivity contribution in [3.05, 3.63) is 23.8 Å². The van der Waals surface area contributed by atoms with Crippen LogP contribution in [0.4, 0.5) is 5.69 Å². The van der Waals surface area contributed by atoms with Crippen LogP contribution in [0.5, 0.6) is 5.75 Å². The van der Waals surface area contributed by atoms with E-state index < -0.39 is 0 Å². The Kier molecular flexibility index (Phi) is 4.53. The largest absolute Gasteiger partial charge is 0.497 e. The van der Waals surface area contributed by atoms with Gasteiger partial charge in [-0.2, -0.15) is 0 Å². The van der Waals surface area contributed by atoms with Crippen molar-refractivity contribution in [2.45, 2.75) is 39.2 Å². The molecule has 1 fully saturated rings. The van der Waals surface area contributed by atoms with Gasteiger partial charge in [0.2, 0.25) is 0 Å². The molecular weight excluding hydrogens is 252 g/mol. The zero-order chi connectivity index (χ0) is 14.7. The van der Waals surface area contributed by atoms with Gasteiger partial charge in [0.15, 0.2) is 0 Å². The maximum atomic E-state index is 12.3. The Hall–Kier alpha value is -1.71. The number of carbonyl (C=O) groups is 1. The second-order valence-electron chi connectivity index (χ2n) is 5.89. The molecule has 0 radical (unpaired) electrons. The van der Waals surface area contributed by atoms with Crippen molar-refractivity contribution in [1.82, 2.24) is 5.32 Å². The summed E-state index contributed by atoms with van der Waals surface area (Å²) in [5.74, 6) is 1.98. The average Bonchev–Trinajstić information content (AvgIpc) is 2.42. The second-order valence-corrected chi connectivity index (χ2v) is 5.89. The molecule has 4 heteroatoms. The smallest absolute Gasteiger partial charge is 0.253 e. The molecule has 0 saturated heterocycles. The number of ether oxygens (including phenoxy) is 1. The average molecular weight is 276 g/mol. The maximum absolute atomic E-state index is 12.3. The minimum atomic E-state index is -0.0862. The van der Waals surface area contributed by atoms with Crippen molar-refractivity contribution in [3.63, 3.8) is 0 Å². The van der Waals surface area contributed by atoms with Crippen LogP contribution in [0.25, 0.3) is 0 Å². The molecule has 3 unspecified atom stereocenters. The number of benzene rings is 1. The topological polar surface area (TPSA) is 64.3 Å². The van der Waals surface area contributed by atoms with Crippen LogP contribution in [-0.2, 0) is 0 Å². The minimum Gasteiger partial charge on any atom is -0.497 e. The monoisotopic (exact) mass is 276 g/mol. The van der Waals surface area contributed by atoms with Crippen LogP contribution in [0.15, 0.2) is 18.2 Å². The molecule has 4 nitrogen and oxygen atoms in total. The third-order valence-corrected chi connectivity index (χ3v) is 4.44. The standard InChI is InChI=1S/C16H24N2O2/c1-10-4-5-12(8-11(10)2)18-16(19)14-7-6-13(20-3)9-15(14)17/h6-7,9-12H,4-5,8,17H2,1-3H3,(H,18,19). The van der Waals surface area contributed by atoms with Crippen LogP contribution in [0, 0.1) is 11.8 Å². The summed E-state index contributed by atoms with van der Waals surface area (Å²) in [5, 5.41) is 3.10. The van der Waals surface area contributed by atoms with Gasteiger partial charge in [-0.3, -0.25) is 4.79 Å². The number of rotatable bonds is 3. The Balaban J connectivity index is 2.01. The Labute approximate surface area is 120 Å². The normalized spacial score (nSPS) is 26.1. The third-order valence-electron chi connectivity index (χ3n) is 4.44. The molecule has 1 aromatic rings. The SMILES string of the molecule is COc1ccc(C(=O)NC2CCC(C)C(C)C2)c(N)c1. The minimum absolute atomic E-state index is 0.0862. The lowest BCUT2D eigenvalue weighted by molar-refractivity contribution is 0.0911. The molecule has 3 atom stereocenters. The molecule has 110 valence electrons. The number of nitrogens with two attached hydrogens (primary N) is 1. The molecular formula is C16H24N2O2. The fraction of sp³-hybridized carbons (Fsp3) is 0.562. The predicted octanol–water partition coefficient (Wildman–Crippen LogP) is 2.83. The lowest BCUT2D eigenvalue weighted by Gasteiger charge is -2.32. The van der Waals surface area contributed by atoms with Crippen LogP contribution < -0.4 is 15.8 Å². The van der Waals surface area contributed by atoms with E-state index in [1.807, 2.05) is 0 Å². The highest BCUT2D eigenvalue weighted by Crippen LogP contribution is 2.29. The number of nitrogens with one attached hydrogen (secondary N) is 1. The van der Waals surface area contributed by atoms with Gasteiger partial charge >= 0.3 is 0 Å². The molecule has 0 spiro atoms. The van der Waals surface area contributed by atoms with Gasteiger partial charge in [-0.25, -0.2) is 0 Å². The number of nitrogen functional groups attached to an aromatic ring is 1. The molecule has 1 aromatic carbocycles. The highest BCUT2D eigenvalue weighted by molar-refractivity contribution is 5.99. The van der Waals surface area contributed by atoms with Gasteiger partial charge < -0.3 is 15.8 Å². The Morgan fingerprint density at radius 3 is 2.65 bits per heavy atom. The number of anilines is 1. The summed E-state index contributed by atoms with van der Waals surface area (Å²) in [7, 11) is 1.58. The fourth-order valence-corrected chi connectivity index (χ4v) is 2.82. The molecule has 0 bridgehead atoms. The first kappa shape index (κ1) is 14.7. The lowest BCUT2D eigenvalue weighted by atomic mass is 9.79. The zero-order valence-electron chi connectivity index (χ0n) is 12.5. The van der Waals surface area contributed by atoms with E-state index in [1.165, 1.54) is 6.42 Å². The molecule has 1 aliphatic rings.